The van der Waals surface area contributed by atoms with E-state index in [2.05, 4.69) is 32.0 Å². The summed E-state index contributed by atoms with van der Waals surface area (Å²) in [7, 11) is 0. The van der Waals surface area contributed by atoms with E-state index in [9.17, 15) is 5.11 Å². The van der Waals surface area contributed by atoms with Crippen LogP contribution < -0.4 is 4.90 Å². The Kier molecular flexibility index (Phi) is 3.80. The molecule has 0 unspecified atom stereocenters. The number of para-hydroxylation sites is 1. The van der Waals surface area contributed by atoms with Crippen LogP contribution in [0.15, 0.2) is 54.3 Å². The lowest BCUT2D eigenvalue weighted by atomic mass is 9.94. The highest BCUT2D eigenvalue weighted by Crippen LogP contribution is 2.33. The SMILES string of the molecule is O[C@@H]1CN(c2ncnc3ccsc23)C[C@H]1Cc1ccnc2ccccc12. The van der Waals surface area contributed by atoms with Gasteiger partial charge in [0.1, 0.15) is 12.1 Å². The summed E-state index contributed by atoms with van der Waals surface area (Å²) in [6.45, 7) is 1.40. The summed E-state index contributed by atoms with van der Waals surface area (Å²) < 4.78 is 1.09. The zero-order valence-corrected chi connectivity index (χ0v) is 14.9. The lowest BCUT2D eigenvalue weighted by Crippen LogP contribution is -2.22. The molecule has 1 aliphatic heterocycles. The molecule has 3 aromatic heterocycles. The van der Waals surface area contributed by atoms with Gasteiger partial charge >= 0.3 is 0 Å². The van der Waals surface area contributed by atoms with Crippen molar-refractivity contribution in [2.45, 2.75) is 12.5 Å². The van der Waals surface area contributed by atoms with E-state index in [4.69, 9.17) is 0 Å². The van der Waals surface area contributed by atoms with E-state index in [0.717, 1.165) is 34.5 Å². The van der Waals surface area contributed by atoms with Gasteiger partial charge in [-0.15, -0.1) is 11.3 Å². The van der Waals surface area contributed by atoms with E-state index in [1.165, 1.54) is 10.9 Å². The van der Waals surface area contributed by atoms with Crippen molar-refractivity contribution in [3.05, 3.63) is 59.9 Å². The Morgan fingerprint density at radius 1 is 1.04 bits per heavy atom. The average Bonchev–Trinajstić information content (AvgIpc) is 3.29. The summed E-state index contributed by atoms with van der Waals surface area (Å²) >= 11 is 1.65. The van der Waals surface area contributed by atoms with Gasteiger partial charge in [0.15, 0.2) is 0 Å². The van der Waals surface area contributed by atoms with Crippen molar-refractivity contribution in [2.75, 3.05) is 18.0 Å². The first-order valence-corrected chi connectivity index (χ1v) is 9.61. The molecule has 26 heavy (non-hydrogen) atoms. The second-order valence-corrected chi connectivity index (χ2v) is 7.67. The lowest BCUT2D eigenvalue weighted by molar-refractivity contribution is 0.148. The monoisotopic (exact) mass is 362 g/mol. The molecular weight excluding hydrogens is 344 g/mol. The average molecular weight is 362 g/mol. The molecule has 1 fully saturated rings. The third kappa shape index (κ3) is 2.62. The molecule has 0 amide bonds. The van der Waals surface area contributed by atoms with E-state index in [1.54, 1.807) is 17.7 Å². The minimum atomic E-state index is -0.369. The number of pyridine rings is 1. The Hall–Kier alpha value is -2.57. The maximum Gasteiger partial charge on any atom is 0.150 e. The van der Waals surface area contributed by atoms with Crippen molar-refractivity contribution in [1.82, 2.24) is 15.0 Å². The third-order valence-corrected chi connectivity index (χ3v) is 6.05. The van der Waals surface area contributed by atoms with Gasteiger partial charge in [0.25, 0.3) is 0 Å². The molecule has 5 rings (SSSR count). The second-order valence-electron chi connectivity index (χ2n) is 6.76. The first kappa shape index (κ1) is 15.7. The van der Waals surface area contributed by atoms with Crippen molar-refractivity contribution in [3.8, 4) is 0 Å². The predicted octanol–water partition coefficient (Wildman–Crippen LogP) is 3.28. The molecule has 2 atom stereocenters. The summed E-state index contributed by atoms with van der Waals surface area (Å²) in [6, 6.07) is 12.3. The van der Waals surface area contributed by atoms with E-state index in [-0.39, 0.29) is 12.0 Å². The van der Waals surface area contributed by atoms with Crippen molar-refractivity contribution < 1.29 is 5.11 Å². The Morgan fingerprint density at radius 3 is 2.92 bits per heavy atom. The van der Waals surface area contributed by atoms with Gasteiger partial charge in [-0.3, -0.25) is 4.98 Å². The van der Waals surface area contributed by atoms with Crippen LogP contribution in [-0.4, -0.2) is 39.3 Å². The molecule has 0 bridgehead atoms. The number of benzene rings is 1. The molecule has 0 radical (unpaired) electrons. The van der Waals surface area contributed by atoms with Crippen LogP contribution >= 0.6 is 11.3 Å². The molecule has 1 aromatic carbocycles. The van der Waals surface area contributed by atoms with Gasteiger partial charge in [-0.25, -0.2) is 9.97 Å². The molecule has 0 saturated carbocycles. The largest absolute Gasteiger partial charge is 0.391 e. The van der Waals surface area contributed by atoms with Gasteiger partial charge in [-0.2, -0.15) is 0 Å². The van der Waals surface area contributed by atoms with Crippen LogP contribution in [0.25, 0.3) is 21.1 Å². The maximum atomic E-state index is 10.7. The van der Waals surface area contributed by atoms with Gasteiger partial charge in [0.05, 0.1) is 21.8 Å². The van der Waals surface area contributed by atoms with Gasteiger partial charge in [-0.1, -0.05) is 18.2 Å². The number of aliphatic hydroxyl groups excluding tert-OH is 1. The molecule has 1 saturated heterocycles. The molecule has 1 N–H and O–H groups in total. The molecule has 5 nitrogen and oxygen atoms in total. The minimum absolute atomic E-state index is 0.172. The fourth-order valence-electron chi connectivity index (χ4n) is 3.84. The highest BCUT2D eigenvalue weighted by atomic mass is 32.1. The molecule has 0 aliphatic carbocycles. The maximum absolute atomic E-state index is 10.7. The number of fused-ring (bicyclic) bond motifs is 2. The summed E-state index contributed by atoms with van der Waals surface area (Å²) in [5.41, 5.74) is 3.22. The quantitative estimate of drug-likeness (QED) is 0.606. The highest BCUT2D eigenvalue weighted by Gasteiger charge is 2.33. The molecule has 6 heteroatoms. The lowest BCUT2D eigenvalue weighted by Gasteiger charge is -2.17. The summed E-state index contributed by atoms with van der Waals surface area (Å²) in [5.74, 6) is 1.11. The summed E-state index contributed by atoms with van der Waals surface area (Å²) in [6.07, 6.45) is 3.93. The van der Waals surface area contributed by atoms with Gasteiger partial charge in [-0.05, 0) is 35.6 Å². The molecule has 1 aliphatic rings. The standard InChI is InChI=1S/C20H18N4OS/c25-18-11-24(20-19-17(6-8-26-19)22-12-23-20)10-14(18)9-13-5-7-21-16-4-2-1-3-15(13)16/h1-8,12,14,18,25H,9-11H2/t14-,18-/m1/s1. The molecular formula is C20H18N4OS. The number of nitrogens with zero attached hydrogens (tertiary/aromatic N) is 4. The van der Waals surface area contributed by atoms with Gasteiger partial charge in [0.2, 0.25) is 0 Å². The first-order chi connectivity index (χ1) is 12.8. The number of anilines is 1. The van der Waals surface area contributed by atoms with Crippen LogP contribution in [0, 0.1) is 5.92 Å². The van der Waals surface area contributed by atoms with Crippen LogP contribution in [0.2, 0.25) is 0 Å². The topological polar surface area (TPSA) is 62.1 Å². The third-order valence-electron chi connectivity index (χ3n) is 5.15. The van der Waals surface area contributed by atoms with E-state index in [1.807, 2.05) is 35.8 Å². The number of β-amino-alcohol motifs (C(OH)–C–C–N with tert-alkyl or cyclic N) is 1. The normalized spacial score (nSPS) is 20.3. The zero-order chi connectivity index (χ0) is 17.5. The fraction of sp³-hybridized carbons (Fsp3) is 0.250. The van der Waals surface area contributed by atoms with Crippen LogP contribution in [0.1, 0.15) is 5.56 Å². The number of hydrogen-bond donors (Lipinski definition) is 1. The molecule has 4 aromatic rings. The number of rotatable bonds is 3. The minimum Gasteiger partial charge on any atom is -0.391 e. The summed E-state index contributed by atoms with van der Waals surface area (Å²) in [5, 5.41) is 13.9. The zero-order valence-electron chi connectivity index (χ0n) is 14.1. The van der Waals surface area contributed by atoms with Crippen molar-refractivity contribution in [1.29, 1.82) is 0 Å². The van der Waals surface area contributed by atoms with Gasteiger partial charge < -0.3 is 10.0 Å². The van der Waals surface area contributed by atoms with Crippen molar-refractivity contribution in [3.63, 3.8) is 0 Å². The van der Waals surface area contributed by atoms with Crippen molar-refractivity contribution in [2.24, 2.45) is 5.92 Å². The Labute approximate surface area is 155 Å². The molecule has 0 spiro atoms. The van der Waals surface area contributed by atoms with E-state index < -0.39 is 0 Å². The number of hydrogen-bond acceptors (Lipinski definition) is 6. The van der Waals surface area contributed by atoms with Gasteiger partial charge in [0, 0.05) is 30.6 Å². The number of thiophene rings is 1. The Balaban J connectivity index is 1.43. The first-order valence-electron chi connectivity index (χ1n) is 8.73. The Morgan fingerprint density at radius 2 is 1.96 bits per heavy atom. The summed E-state index contributed by atoms with van der Waals surface area (Å²) in [4.78, 5) is 15.4. The fourth-order valence-corrected chi connectivity index (χ4v) is 4.71. The number of aromatic nitrogens is 3. The van der Waals surface area contributed by atoms with Crippen molar-refractivity contribution >= 4 is 38.3 Å². The smallest absolute Gasteiger partial charge is 0.150 e. The van der Waals surface area contributed by atoms with Crippen LogP contribution in [-0.2, 0) is 6.42 Å². The Bertz CT molecular complexity index is 1070. The van der Waals surface area contributed by atoms with Crippen LogP contribution in [0.4, 0.5) is 5.82 Å². The van der Waals surface area contributed by atoms with E-state index in [0.29, 0.717) is 6.54 Å². The highest BCUT2D eigenvalue weighted by molar-refractivity contribution is 7.17. The number of aliphatic hydroxyl groups is 1. The van der Waals surface area contributed by atoms with E-state index >= 15 is 0 Å². The van der Waals surface area contributed by atoms with Crippen LogP contribution in [0.5, 0.6) is 0 Å². The molecule has 130 valence electrons. The molecule has 4 heterocycles. The second kappa shape index (κ2) is 6.30. The van der Waals surface area contributed by atoms with Crippen LogP contribution in [0.3, 0.4) is 0 Å². The predicted molar refractivity (Wildman–Crippen MR) is 105 cm³/mol.